The SMILES string of the molecule is Cl.Oc1ccc(-n2cnc3ccccc32)cc1. The van der Waals surface area contributed by atoms with Gasteiger partial charge in [0.25, 0.3) is 0 Å². The minimum Gasteiger partial charge on any atom is -0.508 e. The molecule has 0 saturated heterocycles. The molecule has 0 radical (unpaired) electrons. The summed E-state index contributed by atoms with van der Waals surface area (Å²) in [6.07, 6.45) is 1.79. The first-order valence-electron chi connectivity index (χ1n) is 5.06. The number of para-hydroxylation sites is 2. The number of nitrogens with zero attached hydrogens (tertiary/aromatic N) is 2. The molecule has 17 heavy (non-hydrogen) atoms. The van der Waals surface area contributed by atoms with Gasteiger partial charge >= 0.3 is 0 Å². The van der Waals surface area contributed by atoms with E-state index < -0.39 is 0 Å². The van der Waals surface area contributed by atoms with E-state index in [4.69, 9.17) is 0 Å². The molecular weight excluding hydrogens is 236 g/mol. The lowest BCUT2D eigenvalue weighted by Crippen LogP contribution is -1.90. The van der Waals surface area contributed by atoms with Gasteiger partial charge in [0.15, 0.2) is 0 Å². The van der Waals surface area contributed by atoms with Crippen molar-refractivity contribution in [2.45, 2.75) is 0 Å². The Morgan fingerprint density at radius 2 is 1.65 bits per heavy atom. The van der Waals surface area contributed by atoms with Crippen molar-refractivity contribution in [1.82, 2.24) is 9.55 Å². The van der Waals surface area contributed by atoms with Crippen LogP contribution in [0, 0.1) is 0 Å². The van der Waals surface area contributed by atoms with Crippen LogP contribution in [0.1, 0.15) is 0 Å². The number of hydrogen-bond donors (Lipinski definition) is 1. The standard InChI is InChI=1S/C13H10N2O.ClH/c16-11-7-5-10(6-8-11)15-9-14-12-3-1-2-4-13(12)15;/h1-9,16H;1H. The molecule has 4 heteroatoms. The molecular formula is C13H11ClN2O. The average Bonchev–Trinajstić information content (AvgIpc) is 2.74. The quantitative estimate of drug-likeness (QED) is 0.716. The number of phenolic OH excluding ortho intramolecular Hbond substituents is 1. The highest BCUT2D eigenvalue weighted by Crippen LogP contribution is 2.19. The Bertz CT molecular complexity index is 631. The molecule has 0 amide bonds. The van der Waals surface area contributed by atoms with Gasteiger partial charge in [-0.15, -0.1) is 12.4 Å². The largest absolute Gasteiger partial charge is 0.508 e. The number of aromatic nitrogens is 2. The molecule has 0 atom stereocenters. The zero-order valence-electron chi connectivity index (χ0n) is 8.95. The van der Waals surface area contributed by atoms with E-state index in [9.17, 15) is 5.11 Å². The second-order valence-electron chi connectivity index (χ2n) is 3.62. The highest BCUT2D eigenvalue weighted by Gasteiger charge is 2.02. The molecule has 3 rings (SSSR count). The van der Waals surface area contributed by atoms with Crippen molar-refractivity contribution < 1.29 is 5.11 Å². The molecule has 0 aliphatic heterocycles. The fourth-order valence-electron chi connectivity index (χ4n) is 1.78. The Labute approximate surface area is 105 Å². The number of hydrogen-bond acceptors (Lipinski definition) is 2. The van der Waals surface area contributed by atoms with Crippen molar-refractivity contribution in [2.75, 3.05) is 0 Å². The molecule has 0 aliphatic carbocycles. The highest BCUT2D eigenvalue weighted by atomic mass is 35.5. The van der Waals surface area contributed by atoms with E-state index in [-0.39, 0.29) is 18.2 Å². The Hall–Kier alpha value is -2.00. The number of benzene rings is 2. The van der Waals surface area contributed by atoms with Crippen molar-refractivity contribution in [3.05, 3.63) is 54.9 Å². The predicted molar refractivity (Wildman–Crippen MR) is 70.0 cm³/mol. The molecule has 1 N–H and O–H groups in total. The molecule has 0 aliphatic rings. The maximum absolute atomic E-state index is 9.24. The van der Waals surface area contributed by atoms with Crippen LogP contribution in [0.4, 0.5) is 0 Å². The maximum Gasteiger partial charge on any atom is 0.115 e. The third-order valence-corrected chi connectivity index (χ3v) is 2.58. The van der Waals surface area contributed by atoms with Crippen molar-refractivity contribution in [1.29, 1.82) is 0 Å². The molecule has 0 bridgehead atoms. The molecule has 1 aromatic heterocycles. The van der Waals surface area contributed by atoms with E-state index >= 15 is 0 Å². The number of halogens is 1. The summed E-state index contributed by atoms with van der Waals surface area (Å²) >= 11 is 0. The van der Waals surface area contributed by atoms with Crippen LogP contribution in [-0.2, 0) is 0 Å². The molecule has 1 heterocycles. The van der Waals surface area contributed by atoms with Gasteiger partial charge in [0.2, 0.25) is 0 Å². The first kappa shape index (κ1) is 11.5. The number of imidazole rings is 1. The van der Waals surface area contributed by atoms with Gasteiger partial charge < -0.3 is 5.11 Å². The third-order valence-electron chi connectivity index (χ3n) is 2.58. The summed E-state index contributed by atoms with van der Waals surface area (Å²) in [7, 11) is 0. The molecule has 2 aromatic carbocycles. The third kappa shape index (κ3) is 1.97. The Morgan fingerprint density at radius 3 is 2.41 bits per heavy atom. The Balaban J connectivity index is 0.00000108. The van der Waals surface area contributed by atoms with E-state index in [1.807, 2.05) is 41.0 Å². The summed E-state index contributed by atoms with van der Waals surface area (Å²) < 4.78 is 1.99. The summed E-state index contributed by atoms with van der Waals surface area (Å²) in [6, 6.07) is 15.0. The molecule has 0 spiro atoms. The Morgan fingerprint density at radius 1 is 0.941 bits per heavy atom. The molecule has 0 saturated carbocycles. The summed E-state index contributed by atoms with van der Waals surface area (Å²) in [6.45, 7) is 0. The van der Waals surface area contributed by atoms with Crippen LogP contribution < -0.4 is 0 Å². The summed E-state index contributed by atoms with van der Waals surface area (Å²) in [5.41, 5.74) is 3.02. The number of aromatic hydroxyl groups is 1. The predicted octanol–water partition coefficient (Wildman–Crippen LogP) is 3.15. The summed E-state index contributed by atoms with van der Waals surface area (Å²) in [4.78, 5) is 4.32. The van der Waals surface area contributed by atoms with Crippen LogP contribution in [-0.4, -0.2) is 14.7 Å². The smallest absolute Gasteiger partial charge is 0.115 e. The number of rotatable bonds is 1. The average molecular weight is 247 g/mol. The van der Waals surface area contributed by atoms with Gasteiger partial charge in [-0.3, -0.25) is 4.57 Å². The monoisotopic (exact) mass is 246 g/mol. The van der Waals surface area contributed by atoms with Crippen LogP contribution in [0.3, 0.4) is 0 Å². The van der Waals surface area contributed by atoms with Crippen molar-refractivity contribution in [2.24, 2.45) is 0 Å². The van der Waals surface area contributed by atoms with Crippen LogP contribution in [0.25, 0.3) is 16.7 Å². The van der Waals surface area contributed by atoms with E-state index in [0.717, 1.165) is 16.7 Å². The van der Waals surface area contributed by atoms with Crippen LogP contribution in [0.15, 0.2) is 54.9 Å². The molecule has 3 aromatic rings. The number of phenols is 1. The van der Waals surface area contributed by atoms with Gasteiger partial charge in [-0.2, -0.15) is 0 Å². The number of fused-ring (bicyclic) bond motifs is 1. The van der Waals surface area contributed by atoms with Gasteiger partial charge in [0, 0.05) is 5.69 Å². The minimum atomic E-state index is 0. The summed E-state index contributed by atoms with van der Waals surface area (Å²) in [5.74, 6) is 0.271. The minimum absolute atomic E-state index is 0. The second-order valence-corrected chi connectivity index (χ2v) is 3.62. The van der Waals surface area contributed by atoms with Gasteiger partial charge in [0.05, 0.1) is 11.0 Å². The lowest BCUT2D eigenvalue weighted by atomic mass is 10.2. The van der Waals surface area contributed by atoms with Crippen LogP contribution in [0.2, 0.25) is 0 Å². The first-order valence-corrected chi connectivity index (χ1v) is 5.06. The maximum atomic E-state index is 9.24. The van der Waals surface area contributed by atoms with Crippen molar-refractivity contribution >= 4 is 23.4 Å². The van der Waals surface area contributed by atoms with E-state index in [2.05, 4.69) is 4.98 Å². The zero-order valence-corrected chi connectivity index (χ0v) is 9.76. The highest BCUT2D eigenvalue weighted by molar-refractivity contribution is 5.85. The topological polar surface area (TPSA) is 38.0 Å². The zero-order chi connectivity index (χ0) is 11.0. The van der Waals surface area contributed by atoms with Gasteiger partial charge in [0.1, 0.15) is 12.1 Å². The van der Waals surface area contributed by atoms with Gasteiger partial charge in [-0.05, 0) is 36.4 Å². The molecule has 0 unspecified atom stereocenters. The van der Waals surface area contributed by atoms with E-state index in [1.165, 1.54) is 0 Å². The van der Waals surface area contributed by atoms with E-state index in [1.54, 1.807) is 18.5 Å². The van der Waals surface area contributed by atoms with Crippen LogP contribution >= 0.6 is 12.4 Å². The van der Waals surface area contributed by atoms with Gasteiger partial charge in [-0.25, -0.2) is 4.98 Å². The Kier molecular flexibility index (Phi) is 3.02. The fourth-order valence-corrected chi connectivity index (χ4v) is 1.78. The lowest BCUT2D eigenvalue weighted by Gasteiger charge is -2.03. The van der Waals surface area contributed by atoms with E-state index in [0.29, 0.717) is 0 Å². The molecule has 3 nitrogen and oxygen atoms in total. The second kappa shape index (κ2) is 4.47. The lowest BCUT2D eigenvalue weighted by molar-refractivity contribution is 0.475. The first-order chi connectivity index (χ1) is 7.84. The normalized spacial score (nSPS) is 10.1. The molecule has 0 fully saturated rings. The fraction of sp³-hybridized carbons (Fsp3) is 0. The van der Waals surface area contributed by atoms with Crippen molar-refractivity contribution in [3.63, 3.8) is 0 Å². The molecule has 86 valence electrons. The van der Waals surface area contributed by atoms with Crippen LogP contribution in [0.5, 0.6) is 5.75 Å². The van der Waals surface area contributed by atoms with Gasteiger partial charge in [-0.1, -0.05) is 12.1 Å². The van der Waals surface area contributed by atoms with Crippen molar-refractivity contribution in [3.8, 4) is 11.4 Å². The summed E-state index contributed by atoms with van der Waals surface area (Å²) in [5, 5.41) is 9.24.